The summed E-state index contributed by atoms with van der Waals surface area (Å²) in [7, 11) is 0. The van der Waals surface area contributed by atoms with Gasteiger partial charge in [0.1, 0.15) is 23.9 Å². The Kier molecular flexibility index (Phi) is 5.09. The number of carbonyl (C=O) groups excluding carboxylic acids is 1. The molecule has 3 aromatic rings. The maximum Gasteiger partial charge on any atom is 0.241 e. The Morgan fingerprint density at radius 3 is 2.36 bits per heavy atom. The molecular weight excluding hydrogens is 321 g/mol. The summed E-state index contributed by atoms with van der Waals surface area (Å²) in [6.45, 7) is 2.55. The first kappa shape index (κ1) is 16.7. The lowest BCUT2D eigenvalue weighted by Crippen LogP contribution is -2.27. The van der Waals surface area contributed by atoms with Gasteiger partial charge in [-0.2, -0.15) is 5.10 Å². The van der Waals surface area contributed by atoms with Crippen LogP contribution in [-0.4, -0.2) is 15.7 Å². The van der Waals surface area contributed by atoms with E-state index in [0.29, 0.717) is 18.0 Å². The first-order valence-electron chi connectivity index (χ1n) is 7.86. The predicted octanol–water partition coefficient (Wildman–Crippen LogP) is 3.44. The molecule has 0 aliphatic rings. The van der Waals surface area contributed by atoms with Crippen molar-refractivity contribution in [2.75, 3.05) is 0 Å². The standard InChI is InChI=1S/C19H18FN3O2/c1-14-10-22-23(12-14)13-19(24)21-11-15-2-6-17(7-3-15)25-18-8-4-16(20)5-9-18/h2-10,12H,11,13H2,1H3,(H,21,24). The van der Waals surface area contributed by atoms with E-state index in [1.165, 1.54) is 12.1 Å². The fourth-order valence-electron chi connectivity index (χ4n) is 2.27. The third-order valence-electron chi connectivity index (χ3n) is 3.53. The lowest BCUT2D eigenvalue weighted by Gasteiger charge is -2.08. The van der Waals surface area contributed by atoms with Crippen molar-refractivity contribution in [3.8, 4) is 11.5 Å². The number of ether oxygens (including phenoxy) is 1. The van der Waals surface area contributed by atoms with Gasteiger partial charge in [-0.25, -0.2) is 4.39 Å². The Bertz CT molecular complexity index is 842. The molecule has 6 heteroatoms. The van der Waals surface area contributed by atoms with E-state index in [9.17, 15) is 9.18 Å². The monoisotopic (exact) mass is 339 g/mol. The van der Waals surface area contributed by atoms with Crippen LogP contribution in [0, 0.1) is 12.7 Å². The number of aryl methyl sites for hydroxylation is 1. The Morgan fingerprint density at radius 1 is 1.12 bits per heavy atom. The van der Waals surface area contributed by atoms with Gasteiger partial charge in [-0.05, 0) is 54.4 Å². The molecule has 1 heterocycles. The Balaban J connectivity index is 1.50. The quantitative estimate of drug-likeness (QED) is 0.748. The fourth-order valence-corrected chi connectivity index (χ4v) is 2.27. The van der Waals surface area contributed by atoms with Gasteiger partial charge in [0.05, 0.1) is 6.20 Å². The van der Waals surface area contributed by atoms with E-state index >= 15 is 0 Å². The van der Waals surface area contributed by atoms with Crippen LogP contribution in [0.4, 0.5) is 4.39 Å². The third kappa shape index (κ3) is 4.91. The number of aromatic nitrogens is 2. The average Bonchev–Trinajstić information content (AvgIpc) is 3.01. The topological polar surface area (TPSA) is 56.2 Å². The van der Waals surface area contributed by atoms with Crippen molar-refractivity contribution < 1.29 is 13.9 Å². The molecular formula is C19H18FN3O2. The highest BCUT2D eigenvalue weighted by Gasteiger charge is 2.04. The second-order valence-corrected chi connectivity index (χ2v) is 5.69. The van der Waals surface area contributed by atoms with Crippen LogP contribution in [0.1, 0.15) is 11.1 Å². The van der Waals surface area contributed by atoms with Crippen LogP contribution in [0.15, 0.2) is 60.9 Å². The summed E-state index contributed by atoms with van der Waals surface area (Å²) >= 11 is 0. The maximum absolute atomic E-state index is 12.9. The van der Waals surface area contributed by atoms with E-state index < -0.39 is 0 Å². The molecule has 0 atom stereocenters. The number of halogens is 1. The van der Waals surface area contributed by atoms with Crippen molar-refractivity contribution in [3.05, 3.63) is 77.9 Å². The van der Waals surface area contributed by atoms with Crippen molar-refractivity contribution in [2.24, 2.45) is 0 Å². The van der Waals surface area contributed by atoms with Crippen LogP contribution in [0.3, 0.4) is 0 Å². The molecule has 0 bridgehead atoms. The maximum atomic E-state index is 12.9. The predicted molar refractivity (Wildman–Crippen MR) is 91.7 cm³/mol. The number of hydrogen-bond acceptors (Lipinski definition) is 3. The van der Waals surface area contributed by atoms with Crippen LogP contribution in [-0.2, 0) is 17.9 Å². The van der Waals surface area contributed by atoms with Gasteiger partial charge in [-0.15, -0.1) is 0 Å². The summed E-state index contributed by atoms with van der Waals surface area (Å²) in [5.74, 6) is 0.809. The van der Waals surface area contributed by atoms with E-state index in [2.05, 4.69) is 10.4 Å². The molecule has 0 aliphatic heterocycles. The van der Waals surface area contributed by atoms with Crippen molar-refractivity contribution in [1.82, 2.24) is 15.1 Å². The molecule has 1 amide bonds. The number of amides is 1. The minimum Gasteiger partial charge on any atom is -0.457 e. The molecule has 0 spiro atoms. The molecule has 0 saturated carbocycles. The lowest BCUT2D eigenvalue weighted by atomic mass is 10.2. The molecule has 3 rings (SSSR count). The molecule has 0 radical (unpaired) electrons. The number of nitrogens with zero attached hydrogens (tertiary/aromatic N) is 2. The third-order valence-corrected chi connectivity index (χ3v) is 3.53. The van der Waals surface area contributed by atoms with E-state index in [-0.39, 0.29) is 18.3 Å². The van der Waals surface area contributed by atoms with Gasteiger partial charge in [0.2, 0.25) is 5.91 Å². The molecule has 1 N–H and O–H groups in total. The molecule has 128 valence electrons. The van der Waals surface area contributed by atoms with Gasteiger partial charge in [0.15, 0.2) is 0 Å². The number of rotatable bonds is 6. The lowest BCUT2D eigenvalue weighted by molar-refractivity contribution is -0.122. The fraction of sp³-hybridized carbons (Fsp3) is 0.158. The zero-order valence-electron chi connectivity index (χ0n) is 13.8. The van der Waals surface area contributed by atoms with Crippen molar-refractivity contribution in [3.63, 3.8) is 0 Å². The van der Waals surface area contributed by atoms with Gasteiger partial charge in [0, 0.05) is 12.7 Å². The van der Waals surface area contributed by atoms with Crippen LogP contribution in [0.2, 0.25) is 0 Å². The average molecular weight is 339 g/mol. The van der Waals surface area contributed by atoms with Crippen LogP contribution >= 0.6 is 0 Å². The van der Waals surface area contributed by atoms with Gasteiger partial charge in [-0.1, -0.05) is 12.1 Å². The Labute approximate surface area is 145 Å². The molecule has 0 saturated heterocycles. The minimum atomic E-state index is -0.302. The van der Waals surface area contributed by atoms with Crippen LogP contribution < -0.4 is 10.1 Å². The summed E-state index contributed by atoms with van der Waals surface area (Å²) in [4.78, 5) is 11.9. The van der Waals surface area contributed by atoms with E-state index in [1.807, 2.05) is 37.4 Å². The summed E-state index contributed by atoms with van der Waals surface area (Å²) in [5, 5.41) is 6.93. The molecule has 0 unspecified atom stereocenters. The molecule has 0 aliphatic carbocycles. The second kappa shape index (κ2) is 7.61. The molecule has 0 fully saturated rings. The second-order valence-electron chi connectivity index (χ2n) is 5.69. The summed E-state index contributed by atoms with van der Waals surface area (Å²) in [5.41, 5.74) is 1.97. The zero-order valence-corrected chi connectivity index (χ0v) is 13.8. The summed E-state index contributed by atoms with van der Waals surface area (Å²) in [6, 6.07) is 13.2. The Morgan fingerprint density at radius 2 is 1.76 bits per heavy atom. The highest BCUT2D eigenvalue weighted by Crippen LogP contribution is 2.21. The van der Waals surface area contributed by atoms with E-state index in [4.69, 9.17) is 4.74 Å². The van der Waals surface area contributed by atoms with Crippen LogP contribution in [0.25, 0.3) is 0 Å². The highest BCUT2D eigenvalue weighted by atomic mass is 19.1. The first-order valence-corrected chi connectivity index (χ1v) is 7.86. The smallest absolute Gasteiger partial charge is 0.241 e. The van der Waals surface area contributed by atoms with Gasteiger partial charge >= 0.3 is 0 Å². The zero-order chi connectivity index (χ0) is 17.6. The minimum absolute atomic E-state index is 0.102. The van der Waals surface area contributed by atoms with Gasteiger partial charge in [-0.3, -0.25) is 9.48 Å². The number of carbonyl (C=O) groups is 1. The number of hydrogen-bond donors (Lipinski definition) is 1. The normalized spacial score (nSPS) is 10.5. The molecule has 2 aromatic carbocycles. The highest BCUT2D eigenvalue weighted by molar-refractivity contribution is 5.75. The molecule has 1 aromatic heterocycles. The Hall–Kier alpha value is -3.15. The number of benzene rings is 2. The first-order chi connectivity index (χ1) is 12.1. The van der Waals surface area contributed by atoms with E-state index in [0.717, 1.165) is 11.1 Å². The SMILES string of the molecule is Cc1cnn(CC(=O)NCc2ccc(Oc3ccc(F)cc3)cc2)c1. The van der Waals surface area contributed by atoms with Crippen molar-refractivity contribution in [2.45, 2.75) is 20.0 Å². The summed E-state index contributed by atoms with van der Waals surface area (Å²) in [6.07, 6.45) is 3.54. The molecule has 25 heavy (non-hydrogen) atoms. The van der Waals surface area contributed by atoms with Gasteiger partial charge in [0.25, 0.3) is 0 Å². The van der Waals surface area contributed by atoms with Crippen LogP contribution in [0.5, 0.6) is 11.5 Å². The summed E-state index contributed by atoms with van der Waals surface area (Å²) < 4.78 is 20.1. The van der Waals surface area contributed by atoms with E-state index in [1.54, 1.807) is 23.0 Å². The number of nitrogens with one attached hydrogen (secondary N) is 1. The van der Waals surface area contributed by atoms with Gasteiger partial charge < -0.3 is 10.1 Å². The van der Waals surface area contributed by atoms with Crippen molar-refractivity contribution in [1.29, 1.82) is 0 Å². The largest absolute Gasteiger partial charge is 0.457 e. The van der Waals surface area contributed by atoms with Crippen molar-refractivity contribution >= 4 is 5.91 Å². The molecule has 5 nitrogen and oxygen atoms in total.